The number of nitrogens with one attached hydrogen (secondary N) is 1. The monoisotopic (exact) mass is 203 g/mol. The first kappa shape index (κ1) is 13.4. The summed E-state index contributed by atoms with van der Waals surface area (Å²) in [6, 6.07) is 0. The van der Waals surface area contributed by atoms with Gasteiger partial charge in [0.05, 0.1) is 5.60 Å². The molecule has 0 bridgehead atoms. The van der Waals surface area contributed by atoms with Crippen molar-refractivity contribution in [2.75, 3.05) is 13.2 Å². The van der Waals surface area contributed by atoms with Crippen LogP contribution in [-0.4, -0.2) is 24.7 Å². The number of ether oxygens (including phenoxy) is 1. The van der Waals surface area contributed by atoms with E-state index in [0.29, 0.717) is 19.6 Å². The van der Waals surface area contributed by atoms with Crippen molar-refractivity contribution in [1.82, 2.24) is 5.48 Å². The number of hydroxylamine groups is 1. The Balaban J connectivity index is 3.38. The van der Waals surface area contributed by atoms with Gasteiger partial charge in [-0.15, -0.1) is 0 Å². The van der Waals surface area contributed by atoms with Crippen LogP contribution in [0.1, 0.15) is 40.5 Å². The molecular weight excluding hydrogens is 182 g/mol. The molecule has 0 unspecified atom stereocenters. The van der Waals surface area contributed by atoms with Crippen molar-refractivity contribution >= 4 is 5.91 Å². The van der Waals surface area contributed by atoms with E-state index < -0.39 is 0 Å². The minimum atomic E-state index is -0.338. The molecule has 0 aliphatic carbocycles. The summed E-state index contributed by atoms with van der Waals surface area (Å²) >= 11 is 0. The Bertz CT molecular complexity index is 163. The maximum absolute atomic E-state index is 11.2. The van der Waals surface area contributed by atoms with Crippen LogP contribution in [0.25, 0.3) is 0 Å². The molecule has 14 heavy (non-hydrogen) atoms. The third kappa shape index (κ3) is 9.48. The topological polar surface area (TPSA) is 47.6 Å². The van der Waals surface area contributed by atoms with E-state index in [1.165, 1.54) is 0 Å². The quantitative estimate of drug-likeness (QED) is 0.527. The second-order valence-electron chi connectivity index (χ2n) is 4.04. The molecule has 0 heterocycles. The summed E-state index contributed by atoms with van der Waals surface area (Å²) in [5, 5.41) is 0. The van der Waals surface area contributed by atoms with E-state index in [1.807, 2.05) is 27.7 Å². The zero-order chi connectivity index (χ0) is 11.0. The van der Waals surface area contributed by atoms with Crippen molar-refractivity contribution in [3.8, 4) is 0 Å². The Hall–Kier alpha value is -0.610. The van der Waals surface area contributed by atoms with Crippen LogP contribution in [-0.2, 0) is 14.4 Å². The number of rotatable bonds is 6. The number of carbonyl (C=O) groups is 1. The molecular formula is C10H21NO3. The van der Waals surface area contributed by atoms with Crippen LogP contribution in [0.4, 0.5) is 0 Å². The highest BCUT2D eigenvalue weighted by Crippen LogP contribution is 2.03. The molecule has 1 N–H and O–H groups in total. The van der Waals surface area contributed by atoms with Gasteiger partial charge >= 0.3 is 0 Å². The van der Waals surface area contributed by atoms with Crippen LogP contribution in [0.2, 0.25) is 0 Å². The van der Waals surface area contributed by atoms with E-state index in [2.05, 4.69) is 5.48 Å². The molecule has 4 nitrogen and oxygen atoms in total. The van der Waals surface area contributed by atoms with Gasteiger partial charge in [0.15, 0.2) is 0 Å². The minimum absolute atomic E-state index is 0.0976. The molecule has 0 saturated heterocycles. The molecule has 0 radical (unpaired) electrons. The smallest absolute Gasteiger partial charge is 0.243 e. The summed E-state index contributed by atoms with van der Waals surface area (Å²) in [6.07, 6.45) is 1.17. The van der Waals surface area contributed by atoms with E-state index in [1.54, 1.807) is 0 Å². The normalized spacial score (nSPS) is 11.4. The largest absolute Gasteiger partial charge is 0.382 e. The third-order valence-corrected chi connectivity index (χ3v) is 1.37. The van der Waals surface area contributed by atoms with Crippen LogP contribution in [0.3, 0.4) is 0 Å². The molecule has 0 atom stereocenters. The first-order chi connectivity index (χ1) is 6.45. The van der Waals surface area contributed by atoms with E-state index >= 15 is 0 Å². The molecule has 0 spiro atoms. The van der Waals surface area contributed by atoms with Crippen molar-refractivity contribution in [3.05, 3.63) is 0 Å². The van der Waals surface area contributed by atoms with Crippen molar-refractivity contribution in [2.24, 2.45) is 0 Å². The van der Waals surface area contributed by atoms with Crippen LogP contribution in [0.15, 0.2) is 0 Å². The fraction of sp³-hybridized carbons (Fsp3) is 0.900. The summed E-state index contributed by atoms with van der Waals surface area (Å²) in [4.78, 5) is 16.3. The average molecular weight is 203 g/mol. The van der Waals surface area contributed by atoms with E-state index in [0.717, 1.165) is 6.42 Å². The Kier molecular flexibility index (Phi) is 6.49. The van der Waals surface area contributed by atoms with Gasteiger partial charge in [-0.3, -0.25) is 9.63 Å². The SMILES string of the molecule is CCOCCCC(=O)NOC(C)(C)C. The summed E-state index contributed by atoms with van der Waals surface area (Å²) in [7, 11) is 0. The van der Waals surface area contributed by atoms with Crippen LogP contribution >= 0.6 is 0 Å². The maximum Gasteiger partial charge on any atom is 0.243 e. The molecule has 0 aromatic rings. The van der Waals surface area contributed by atoms with Gasteiger partial charge in [-0.1, -0.05) is 0 Å². The van der Waals surface area contributed by atoms with Crippen LogP contribution < -0.4 is 5.48 Å². The zero-order valence-corrected chi connectivity index (χ0v) is 9.55. The van der Waals surface area contributed by atoms with Crippen molar-refractivity contribution in [1.29, 1.82) is 0 Å². The Morgan fingerprint density at radius 3 is 2.50 bits per heavy atom. The maximum atomic E-state index is 11.2. The van der Waals surface area contributed by atoms with E-state index in [4.69, 9.17) is 9.57 Å². The summed E-state index contributed by atoms with van der Waals surface area (Å²) in [6.45, 7) is 8.90. The van der Waals surface area contributed by atoms with Gasteiger partial charge in [-0.05, 0) is 34.1 Å². The molecule has 0 aromatic heterocycles. The molecule has 0 aliphatic heterocycles. The second-order valence-corrected chi connectivity index (χ2v) is 4.04. The Morgan fingerprint density at radius 2 is 2.00 bits per heavy atom. The minimum Gasteiger partial charge on any atom is -0.382 e. The number of amides is 1. The zero-order valence-electron chi connectivity index (χ0n) is 9.55. The molecule has 0 fully saturated rings. The fourth-order valence-electron chi connectivity index (χ4n) is 0.740. The lowest BCUT2D eigenvalue weighted by molar-refractivity contribution is -0.145. The standard InChI is InChI=1S/C10H21NO3/c1-5-13-8-6-7-9(12)11-14-10(2,3)4/h5-8H2,1-4H3,(H,11,12). The highest BCUT2D eigenvalue weighted by Gasteiger charge is 2.12. The first-order valence-electron chi connectivity index (χ1n) is 5.00. The van der Waals surface area contributed by atoms with E-state index in [9.17, 15) is 4.79 Å². The van der Waals surface area contributed by atoms with Crippen LogP contribution in [0, 0.1) is 0 Å². The highest BCUT2D eigenvalue weighted by atomic mass is 16.7. The van der Waals surface area contributed by atoms with Gasteiger partial charge in [0, 0.05) is 19.6 Å². The Morgan fingerprint density at radius 1 is 1.36 bits per heavy atom. The van der Waals surface area contributed by atoms with Gasteiger partial charge in [0.25, 0.3) is 0 Å². The van der Waals surface area contributed by atoms with Gasteiger partial charge in [0.1, 0.15) is 0 Å². The molecule has 4 heteroatoms. The van der Waals surface area contributed by atoms with Crippen molar-refractivity contribution in [2.45, 2.75) is 46.1 Å². The van der Waals surface area contributed by atoms with Gasteiger partial charge < -0.3 is 4.74 Å². The molecule has 0 rings (SSSR count). The second kappa shape index (κ2) is 6.79. The summed E-state index contributed by atoms with van der Waals surface area (Å²) in [5.41, 5.74) is 2.07. The molecule has 0 aromatic carbocycles. The van der Waals surface area contributed by atoms with Crippen molar-refractivity contribution < 1.29 is 14.4 Å². The Labute approximate surface area is 85.9 Å². The third-order valence-electron chi connectivity index (χ3n) is 1.37. The molecule has 84 valence electrons. The molecule has 0 aliphatic rings. The highest BCUT2D eigenvalue weighted by molar-refractivity contribution is 5.74. The average Bonchev–Trinajstić information content (AvgIpc) is 2.08. The van der Waals surface area contributed by atoms with Gasteiger partial charge in [-0.2, -0.15) is 0 Å². The van der Waals surface area contributed by atoms with Crippen LogP contribution in [0.5, 0.6) is 0 Å². The number of hydrogen-bond acceptors (Lipinski definition) is 3. The molecule has 1 amide bonds. The first-order valence-corrected chi connectivity index (χ1v) is 5.00. The lowest BCUT2D eigenvalue weighted by atomic mass is 10.2. The summed E-state index contributed by atoms with van der Waals surface area (Å²) in [5.74, 6) is -0.0976. The summed E-state index contributed by atoms with van der Waals surface area (Å²) < 4.78 is 5.11. The predicted molar refractivity (Wildman–Crippen MR) is 54.7 cm³/mol. The van der Waals surface area contributed by atoms with Gasteiger partial charge in [-0.25, -0.2) is 5.48 Å². The molecule has 0 saturated carbocycles. The van der Waals surface area contributed by atoms with Crippen molar-refractivity contribution in [3.63, 3.8) is 0 Å². The fourth-order valence-corrected chi connectivity index (χ4v) is 0.740. The van der Waals surface area contributed by atoms with E-state index in [-0.39, 0.29) is 11.5 Å². The number of carbonyl (C=O) groups excluding carboxylic acids is 1. The lowest BCUT2D eigenvalue weighted by Crippen LogP contribution is -2.33. The number of hydrogen-bond donors (Lipinski definition) is 1. The predicted octanol–water partition coefficient (Wildman–Crippen LogP) is 1.65. The lowest BCUT2D eigenvalue weighted by Gasteiger charge is -2.18. The van der Waals surface area contributed by atoms with Gasteiger partial charge in [0.2, 0.25) is 5.91 Å².